The molecule has 4 heteroatoms. The van der Waals surface area contributed by atoms with Gasteiger partial charge in [-0.15, -0.1) is 0 Å². The van der Waals surface area contributed by atoms with E-state index in [0.717, 1.165) is 31.4 Å². The first-order valence-electron chi connectivity index (χ1n) is 5.04. The maximum absolute atomic E-state index is 9.34. The summed E-state index contributed by atoms with van der Waals surface area (Å²) in [6.07, 6.45) is 8.81. The molecule has 0 atom stereocenters. The summed E-state index contributed by atoms with van der Waals surface area (Å²) in [6.45, 7) is 0. The van der Waals surface area contributed by atoms with Gasteiger partial charge in [-0.25, -0.2) is 9.97 Å². The van der Waals surface area contributed by atoms with Crippen LogP contribution in [0.2, 0.25) is 0 Å². The zero-order valence-electron chi connectivity index (χ0n) is 8.06. The second kappa shape index (κ2) is 4.37. The molecule has 0 aliphatic heterocycles. The summed E-state index contributed by atoms with van der Waals surface area (Å²) in [6, 6.07) is 0.462. The predicted octanol–water partition coefficient (Wildman–Crippen LogP) is 1.19. The molecular weight excluding hydrogens is 178 g/mol. The summed E-state index contributed by atoms with van der Waals surface area (Å²) < 4.78 is 0. The Morgan fingerprint density at radius 3 is 2.43 bits per heavy atom. The van der Waals surface area contributed by atoms with Crippen molar-refractivity contribution in [2.75, 3.05) is 5.32 Å². The third kappa shape index (κ3) is 2.42. The van der Waals surface area contributed by atoms with Gasteiger partial charge < -0.3 is 10.4 Å². The summed E-state index contributed by atoms with van der Waals surface area (Å²) in [5.41, 5.74) is 0.967. The van der Waals surface area contributed by atoms with Gasteiger partial charge in [0.15, 0.2) is 0 Å². The van der Waals surface area contributed by atoms with Crippen LogP contribution in [0, 0.1) is 0 Å². The number of anilines is 1. The summed E-state index contributed by atoms with van der Waals surface area (Å²) in [4.78, 5) is 7.88. The Labute approximate surface area is 83.4 Å². The maximum Gasteiger partial charge on any atom is 0.115 e. The van der Waals surface area contributed by atoms with Crippen LogP contribution in [0.4, 0.5) is 5.69 Å². The molecule has 4 nitrogen and oxygen atoms in total. The zero-order chi connectivity index (χ0) is 9.80. The van der Waals surface area contributed by atoms with Crippen LogP contribution >= 0.6 is 0 Å². The molecule has 1 saturated carbocycles. The smallest absolute Gasteiger partial charge is 0.115 e. The number of aliphatic hydroxyl groups excluding tert-OH is 1. The molecule has 0 amide bonds. The number of aliphatic hydroxyl groups is 1. The summed E-state index contributed by atoms with van der Waals surface area (Å²) in [5, 5.41) is 12.7. The van der Waals surface area contributed by atoms with E-state index in [-0.39, 0.29) is 6.10 Å². The number of rotatable bonds is 2. The van der Waals surface area contributed by atoms with Crippen LogP contribution in [0.3, 0.4) is 0 Å². The van der Waals surface area contributed by atoms with Crippen molar-refractivity contribution >= 4 is 5.69 Å². The summed E-state index contributed by atoms with van der Waals surface area (Å²) in [5.74, 6) is 0. The van der Waals surface area contributed by atoms with E-state index >= 15 is 0 Å². The van der Waals surface area contributed by atoms with E-state index < -0.39 is 0 Å². The fourth-order valence-corrected chi connectivity index (χ4v) is 1.83. The number of aromatic nitrogens is 2. The van der Waals surface area contributed by atoms with Gasteiger partial charge >= 0.3 is 0 Å². The maximum atomic E-state index is 9.34. The first kappa shape index (κ1) is 9.40. The van der Waals surface area contributed by atoms with E-state index in [1.165, 1.54) is 6.33 Å². The lowest BCUT2D eigenvalue weighted by atomic mass is 9.93. The van der Waals surface area contributed by atoms with Crippen LogP contribution in [-0.2, 0) is 0 Å². The fourth-order valence-electron chi connectivity index (χ4n) is 1.83. The van der Waals surface area contributed by atoms with E-state index in [2.05, 4.69) is 15.3 Å². The van der Waals surface area contributed by atoms with Gasteiger partial charge in [0.2, 0.25) is 0 Å². The van der Waals surface area contributed by atoms with E-state index in [1.54, 1.807) is 12.4 Å². The predicted molar refractivity (Wildman–Crippen MR) is 53.9 cm³/mol. The third-order valence-corrected chi connectivity index (χ3v) is 2.63. The highest BCUT2D eigenvalue weighted by atomic mass is 16.3. The highest BCUT2D eigenvalue weighted by Crippen LogP contribution is 2.21. The molecular formula is C10H15N3O. The Hall–Kier alpha value is -1.16. The molecule has 0 saturated heterocycles. The number of hydrogen-bond acceptors (Lipinski definition) is 4. The molecule has 1 fully saturated rings. The monoisotopic (exact) mass is 193 g/mol. The molecule has 1 aliphatic carbocycles. The fraction of sp³-hybridized carbons (Fsp3) is 0.600. The van der Waals surface area contributed by atoms with Gasteiger partial charge in [0.1, 0.15) is 6.33 Å². The minimum atomic E-state index is -0.0972. The minimum absolute atomic E-state index is 0.0972. The highest BCUT2D eigenvalue weighted by molar-refractivity contribution is 5.38. The number of nitrogens with zero attached hydrogens (tertiary/aromatic N) is 2. The van der Waals surface area contributed by atoms with Crippen LogP contribution in [0.5, 0.6) is 0 Å². The molecule has 2 N–H and O–H groups in total. The Morgan fingerprint density at radius 2 is 1.79 bits per heavy atom. The number of nitrogens with one attached hydrogen (secondary N) is 1. The van der Waals surface area contributed by atoms with E-state index in [1.807, 2.05) is 0 Å². The van der Waals surface area contributed by atoms with E-state index in [9.17, 15) is 5.11 Å². The third-order valence-electron chi connectivity index (χ3n) is 2.63. The molecule has 1 aromatic rings. The topological polar surface area (TPSA) is 58.0 Å². The molecule has 76 valence electrons. The highest BCUT2D eigenvalue weighted by Gasteiger charge is 2.18. The molecule has 0 unspecified atom stereocenters. The van der Waals surface area contributed by atoms with Gasteiger partial charge in [0.05, 0.1) is 24.2 Å². The van der Waals surface area contributed by atoms with Crippen molar-refractivity contribution in [1.82, 2.24) is 9.97 Å². The summed E-state index contributed by atoms with van der Waals surface area (Å²) >= 11 is 0. The molecule has 14 heavy (non-hydrogen) atoms. The van der Waals surface area contributed by atoms with E-state index in [0.29, 0.717) is 6.04 Å². The molecule has 0 radical (unpaired) electrons. The van der Waals surface area contributed by atoms with Crippen molar-refractivity contribution in [2.24, 2.45) is 0 Å². The lowest BCUT2D eigenvalue weighted by Gasteiger charge is -2.26. The first-order valence-corrected chi connectivity index (χ1v) is 5.04. The van der Waals surface area contributed by atoms with Crippen molar-refractivity contribution < 1.29 is 5.11 Å². The average molecular weight is 193 g/mol. The van der Waals surface area contributed by atoms with Gasteiger partial charge in [-0.3, -0.25) is 0 Å². The lowest BCUT2D eigenvalue weighted by molar-refractivity contribution is 0.126. The lowest BCUT2D eigenvalue weighted by Crippen LogP contribution is -2.28. The molecule has 2 rings (SSSR count). The molecule has 0 aromatic carbocycles. The van der Waals surface area contributed by atoms with Crippen molar-refractivity contribution in [1.29, 1.82) is 0 Å². The van der Waals surface area contributed by atoms with Crippen LogP contribution in [0.25, 0.3) is 0 Å². The Kier molecular flexibility index (Phi) is 2.93. The molecule has 0 bridgehead atoms. The van der Waals surface area contributed by atoms with Gasteiger partial charge in [-0.1, -0.05) is 0 Å². The molecule has 1 aliphatic rings. The van der Waals surface area contributed by atoms with Crippen LogP contribution in [-0.4, -0.2) is 27.2 Å². The standard InChI is InChI=1S/C10H15N3O/c14-10-3-1-8(2-4-10)13-9-5-11-7-12-6-9/h5-8,10,13-14H,1-4H2. The Morgan fingerprint density at radius 1 is 1.14 bits per heavy atom. The Bertz CT molecular complexity index is 270. The van der Waals surface area contributed by atoms with Gasteiger partial charge in [-0.2, -0.15) is 0 Å². The largest absolute Gasteiger partial charge is 0.393 e. The van der Waals surface area contributed by atoms with Crippen molar-refractivity contribution in [2.45, 2.75) is 37.8 Å². The van der Waals surface area contributed by atoms with Crippen molar-refractivity contribution in [3.05, 3.63) is 18.7 Å². The van der Waals surface area contributed by atoms with Gasteiger partial charge in [-0.05, 0) is 25.7 Å². The molecule has 1 heterocycles. The second-order valence-corrected chi connectivity index (χ2v) is 3.78. The minimum Gasteiger partial charge on any atom is -0.393 e. The average Bonchev–Trinajstić information content (AvgIpc) is 2.23. The van der Waals surface area contributed by atoms with E-state index in [4.69, 9.17) is 0 Å². The van der Waals surface area contributed by atoms with Crippen molar-refractivity contribution in [3.8, 4) is 0 Å². The van der Waals surface area contributed by atoms with Gasteiger partial charge in [0, 0.05) is 6.04 Å². The molecule has 1 aromatic heterocycles. The normalized spacial score (nSPS) is 27.2. The first-order chi connectivity index (χ1) is 6.84. The Balaban J connectivity index is 1.87. The van der Waals surface area contributed by atoms with Crippen LogP contribution in [0.15, 0.2) is 18.7 Å². The zero-order valence-corrected chi connectivity index (χ0v) is 8.06. The van der Waals surface area contributed by atoms with Crippen LogP contribution < -0.4 is 5.32 Å². The van der Waals surface area contributed by atoms with Gasteiger partial charge in [0.25, 0.3) is 0 Å². The number of hydrogen-bond donors (Lipinski definition) is 2. The van der Waals surface area contributed by atoms with Crippen molar-refractivity contribution in [3.63, 3.8) is 0 Å². The SMILES string of the molecule is OC1CCC(Nc2cncnc2)CC1. The molecule has 0 spiro atoms. The quantitative estimate of drug-likeness (QED) is 0.740. The summed E-state index contributed by atoms with van der Waals surface area (Å²) in [7, 11) is 0. The second-order valence-electron chi connectivity index (χ2n) is 3.78. The van der Waals surface area contributed by atoms with Crippen LogP contribution in [0.1, 0.15) is 25.7 Å².